The van der Waals surface area contributed by atoms with Crippen molar-refractivity contribution >= 4 is 11.8 Å². The molecule has 1 saturated heterocycles. The van der Waals surface area contributed by atoms with Crippen LogP contribution in [0.2, 0.25) is 0 Å². The lowest BCUT2D eigenvalue weighted by Crippen LogP contribution is -2.69. The summed E-state index contributed by atoms with van der Waals surface area (Å²) in [7, 11) is 0. The molecule has 1 saturated carbocycles. The molecule has 4 heteroatoms. The van der Waals surface area contributed by atoms with Gasteiger partial charge in [-0.15, -0.1) is 0 Å². The van der Waals surface area contributed by atoms with Crippen molar-refractivity contribution in [2.75, 3.05) is 6.54 Å². The third-order valence-corrected chi connectivity index (χ3v) is 4.74. The van der Waals surface area contributed by atoms with Gasteiger partial charge in [0, 0.05) is 6.54 Å². The molecule has 2 amide bonds. The van der Waals surface area contributed by atoms with Crippen molar-refractivity contribution in [3.63, 3.8) is 0 Å². The second-order valence-corrected chi connectivity index (χ2v) is 6.74. The summed E-state index contributed by atoms with van der Waals surface area (Å²) in [6.07, 6.45) is 6.52. The highest BCUT2D eigenvalue weighted by Gasteiger charge is 2.51. The zero-order chi connectivity index (χ0) is 14.8. The van der Waals surface area contributed by atoms with Crippen LogP contribution in [-0.4, -0.2) is 34.8 Å². The second-order valence-electron chi connectivity index (χ2n) is 6.74. The molecule has 2 aliphatic rings. The molecular formula is C16H28N2O2. The van der Waals surface area contributed by atoms with Crippen molar-refractivity contribution in [2.45, 2.75) is 77.3 Å². The standard InChI is InChI=1S/C16H28N2O2/c1-4-13-14(19)17-16(9-5-6-10-16)15(20)18(13)11-7-8-12(2)3/h12-13H,4-11H2,1-3H3,(H,17,19). The van der Waals surface area contributed by atoms with Gasteiger partial charge in [-0.1, -0.05) is 33.6 Å². The number of rotatable bonds is 5. The van der Waals surface area contributed by atoms with Crippen molar-refractivity contribution in [2.24, 2.45) is 5.92 Å². The van der Waals surface area contributed by atoms with E-state index in [-0.39, 0.29) is 17.9 Å². The first-order chi connectivity index (χ1) is 9.50. The van der Waals surface area contributed by atoms with Crippen LogP contribution in [0, 0.1) is 5.92 Å². The van der Waals surface area contributed by atoms with E-state index < -0.39 is 5.54 Å². The Kier molecular flexibility index (Phi) is 4.71. The van der Waals surface area contributed by atoms with E-state index in [1.807, 2.05) is 11.8 Å². The number of amides is 2. The van der Waals surface area contributed by atoms with E-state index in [2.05, 4.69) is 19.2 Å². The normalized spacial score (nSPS) is 25.6. The number of piperazine rings is 1. The fourth-order valence-corrected chi connectivity index (χ4v) is 3.58. The van der Waals surface area contributed by atoms with Crippen molar-refractivity contribution in [3.8, 4) is 0 Å². The molecule has 1 aliphatic heterocycles. The van der Waals surface area contributed by atoms with E-state index in [0.717, 1.165) is 45.1 Å². The molecule has 20 heavy (non-hydrogen) atoms. The summed E-state index contributed by atoms with van der Waals surface area (Å²) in [5.74, 6) is 0.869. The third kappa shape index (κ3) is 2.84. The van der Waals surface area contributed by atoms with E-state index in [0.29, 0.717) is 12.3 Å². The van der Waals surface area contributed by atoms with Crippen LogP contribution in [0.1, 0.15) is 65.7 Å². The minimum Gasteiger partial charge on any atom is -0.340 e. The maximum absolute atomic E-state index is 12.9. The molecule has 1 unspecified atom stereocenters. The molecule has 4 nitrogen and oxygen atoms in total. The summed E-state index contributed by atoms with van der Waals surface area (Å²) in [4.78, 5) is 27.1. The van der Waals surface area contributed by atoms with Gasteiger partial charge in [0.1, 0.15) is 11.6 Å². The topological polar surface area (TPSA) is 49.4 Å². The van der Waals surface area contributed by atoms with Crippen LogP contribution in [0.3, 0.4) is 0 Å². The lowest BCUT2D eigenvalue weighted by Gasteiger charge is -2.44. The maximum atomic E-state index is 12.9. The molecule has 0 aromatic carbocycles. The number of carbonyl (C=O) groups excluding carboxylic acids is 2. The van der Waals surface area contributed by atoms with Gasteiger partial charge in [-0.25, -0.2) is 0 Å². The van der Waals surface area contributed by atoms with Crippen LogP contribution in [0.4, 0.5) is 0 Å². The predicted molar refractivity (Wildman–Crippen MR) is 79.2 cm³/mol. The fraction of sp³-hybridized carbons (Fsp3) is 0.875. The molecule has 114 valence electrons. The highest BCUT2D eigenvalue weighted by molar-refractivity contribution is 6.00. The molecule has 1 aliphatic carbocycles. The van der Waals surface area contributed by atoms with E-state index in [1.54, 1.807) is 0 Å². The van der Waals surface area contributed by atoms with Crippen molar-refractivity contribution < 1.29 is 9.59 Å². The van der Waals surface area contributed by atoms with Crippen LogP contribution >= 0.6 is 0 Å². The number of hydrogen-bond donors (Lipinski definition) is 1. The minimum atomic E-state index is -0.569. The van der Waals surface area contributed by atoms with Gasteiger partial charge in [-0.05, 0) is 38.0 Å². The van der Waals surface area contributed by atoms with E-state index in [1.165, 1.54) is 0 Å². The van der Waals surface area contributed by atoms with Gasteiger partial charge in [0.05, 0.1) is 0 Å². The first-order valence-corrected chi connectivity index (χ1v) is 8.13. The zero-order valence-electron chi connectivity index (χ0n) is 13.1. The maximum Gasteiger partial charge on any atom is 0.249 e. The number of nitrogens with one attached hydrogen (secondary N) is 1. The van der Waals surface area contributed by atoms with Gasteiger partial charge in [-0.3, -0.25) is 9.59 Å². The Morgan fingerprint density at radius 1 is 1.30 bits per heavy atom. The van der Waals surface area contributed by atoms with Gasteiger partial charge in [0.15, 0.2) is 0 Å². The molecule has 2 fully saturated rings. The monoisotopic (exact) mass is 280 g/mol. The summed E-state index contributed by atoms with van der Waals surface area (Å²) in [6.45, 7) is 7.10. The molecule has 1 N–H and O–H groups in total. The predicted octanol–water partition coefficient (Wildman–Crippen LogP) is 2.47. The highest BCUT2D eigenvalue weighted by atomic mass is 16.2. The quantitative estimate of drug-likeness (QED) is 0.841. The number of nitrogens with zero attached hydrogens (tertiary/aromatic N) is 1. The average molecular weight is 280 g/mol. The highest BCUT2D eigenvalue weighted by Crippen LogP contribution is 2.35. The molecule has 1 heterocycles. The van der Waals surface area contributed by atoms with E-state index in [9.17, 15) is 9.59 Å². The third-order valence-electron chi connectivity index (χ3n) is 4.74. The summed E-state index contributed by atoms with van der Waals surface area (Å²) in [6, 6.07) is -0.263. The van der Waals surface area contributed by atoms with Gasteiger partial charge >= 0.3 is 0 Å². The minimum absolute atomic E-state index is 0.0542. The summed E-state index contributed by atoms with van der Waals surface area (Å²) in [5, 5.41) is 3.04. The molecule has 1 atom stereocenters. The van der Waals surface area contributed by atoms with Crippen LogP contribution in [0.5, 0.6) is 0 Å². The summed E-state index contributed by atoms with van der Waals surface area (Å²) < 4.78 is 0. The fourth-order valence-electron chi connectivity index (χ4n) is 3.58. The number of hydrogen-bond acceptors (Lipinski definition) is 2. The lowest BCUT2D eigenvalue weighted by molar-refractivity contribution is -0.155. The summed E-state index contributed by atoms with van der Waals surface area (Å²) >= 11 is 0. The van der Waals surface area contributed by atoms with E-state index >= 15 is 0 Å². The molecule has 2 rings (SSSR count). The van der Waals surface area contributed by atoms with Crippen LogP contribution < -0.4 is 5.32 Å². The van der Waals surface area contributed by atoms with Crippen LogP contribution in [0.15, 0.2) is 0 Å². The molecule has 0 aromatic rings. The first-order valence-electron chi connectivity index (χ1n) is 8.13. The SMILES string of the molecule is CCC1C(=O)NC2(CCCC2)C(=O)N1CCCC(C)C. The molecule has 0 bridgehead atoms. The second kappa shape index (κ2) is 6.15. The van der Waals surface area contributed by atoms with E-state index in [4.69, 9.17) is 0 Å². The zero-order valence-corrected chi connectivity index (χ0v) is 13.1. The van der Waals surface area contributed by atoms with Gasteiger partial charge < -0.3 is 10.2 Å². The largest absolute Gasteiger partial charge is 0.340 e. The Labute approximate surface area is 122 Å². The van der Waals surface area contributed by atoms with Crippen molar-refractivity contribution in [1.29, 1.82) is 0 Å². The Morgan fingerprint density at radius 2 is 1.95 bits per heavy atom. The Bertz CT molecular complexity index is 373. The Hall–Kier alpha value is -1.06. The van der Waals surface area contributed by atoms with Crippen LogP contribution in [-0.2, 0) is 9.59 Å². The molecule has 0 radical (unpaired) electrons. The van der Waals surface area contributed by atoms with Gasteiger partial charge in [0.25, 0.3) is 0 Å². The van der Waals surface area contributed by atoms with Crippen molar-refractivity contribution in [1.82, 2.24) is 10.2 Å². The van der Waals surface area contributed by atoms with Gasteiger partial charge in [-0.2, -0.15) is 0 Å². The lowest BCUT2D eigenvalue weighted by atomic mass is 9.89. The molecule has 0 aromatic heterocycles. The average Bonchev–Trinajstić information content (AvgIpc) is 2.84. The van der Waals surface area contributed by atoms with Gasteiger partial charge in [0.2, 0.25) is 11.8 Å². The van der Waals surface area contributed by atoms with Crippen molar-refractivity contribution in [3.05, 3.63) is 0 Å². The molecule has 1 spiro atoms. The summed E-state index contributed by atoms with van der Waals surface area (Å²) in [5.41, 5.74) is -0.569. The number of carbonyl (C=O) groups is 2. The smallest absolute Gasteiger partial charge is 0.249 e. The first kappa shape index (κ1) is 15.3. The Morgan fingerprint density at radius 3 is 2.50 bits per heavy atom. The van der Waals surface area contributed by atoms with Crippen LogP contribution in [0.25, 0.3) is 0 Å². The Balaban J connectivity index is 2.10. The molecular weight excluding hydrogens is 252 g/mol.